The first kappa shape index (κ1) is 14.7. The van der Waals surface area contributed by atoms with E-state index in [0.717, 1.165) is 32.8 Å². The molecule has 0 fully saturated rings. The van der Waals surface area contributed by atoms with Crippen molar-refractivity contribution in [1.82, 2.24) is 0 Å². The summed E-state index contributed by atoms with van der Waals surface area (Å²) in [6.45, 7) is 0. The van der Waals surface area contributed by atoms with Gasteiger partial charge in [0, 0.05) is 5.02 Å². The van der Waals surface area contributed by atoms with E-state index in [-0.39, 0.29) is 5.38 Å². The van der Waals surface area contributed by atoms with Crippen molar-refractivity contribution in [2.24, 2.45) is 0 Å². The number of alkyl halides is 1. The van der Waals surface area contributed by atoms with E-state index in [0.29, 0.717) is 0 Å². The highest BCUT2D eigenvalue weighted by atomic mass is 79.9. The minimum Gasteiger partial charge on any atom is -0.496 e. The van der Waals surface area contributed by atoms with Gasteiger partial charge in [-0.05, 0) is 57.7 Å². The zero-order chi connectivity index (χ0) is 13.8. The number of methoxy groups -OCH3 is 1. The molecule has 2 aromatic rings. The number of benzene rings is 2. The second-order valence-corrected chi connectivity index (χ2v) is 6.01. The second-order valence-electron chi connectivity index (χ2n) is 4.20. The molecule has 19 heavy (non-hydrogen) atoms. The minimum atomic E-state index is -0.0966. The first-order valence-corrected chi connectivity index (χ1v) is 7.43. The van der Waals surface area contributed by atoms with Gasteiger partial charge in [-0.15, -0.1) is 11.6 Å². The van der Waals surface area contributed by atoms with Crippen molar-refractivity contribution in [2.45, 2.75) is 11.8 Å². The molecule has 100 valence electrons. The Morgan fingerprint density at radius 3 is 2.63 bits per heavy atom. The molecule has 2 aromatic carbocycles. The van der Waals surface area contributed by atoms with E-state index < -0.39 is 0 Å². The number of ether oxygens (including phenoxy) is 1. The summed E-state index contributed by atoms with van der Waals surface area (Å²) in [4.78, 5) is 0. The fraction of sp³-hybridized carbons (Fsp3) is 0.200. The maximum atomic E-state index is 6.46. The lowest BCUT2D eigenvalue weighted by molar-refractivity contribution is 0.412. The zero-order valence-electron chi connectivity index (χ0n) is 10.4. The highest BCUT2D eigenvalue weighted by Crippen LogP contribution is 2.32. The van der Waals surface area contributed by atoms with Gasteiger partial charge in [0.25, 0.3) is 0 Å². The number of hydrogen-bond donors (Lipinski definition) is 0. The lowest BCUT2D eigenvalue weighted by atomic mass is 10.0. The highest BCUT2D eigenvalue weighted by Gasteiger charge is 2.11. The first-order chi connectivity index (χ1) is 9.10. The fourth-order valence-electron chi connectivity index (χ4n) is 1.87. The van der Waals surface area contributed by atoms with Crippen molar-refractivity contribution in [3.63, 3.8) is 0 Å². The van der Waals surface area contributed by atoms with Gasteiger partial charge in [0.05, 0.1) is 17.0 Å². The predicted octanol–water partition coefficient (Wildman–Crippen LogP) is 5.63. The van der Waals surface area contributed by atoms with Gasteiger partial charge in [-0.25, -0.2) is 0 Å². The molecule has 1 nitrogen and oxygen atoms in total. The topological polar surface area (TPSA) is 9.23 Å². The molecular weight excluding hydrogens is 347 g/mol. The average Bonchev–Trinajstić information content (AvgIpc) is 2.38. The quantitative estimate of drug-likeness (QED) is 0.642. The van der Waals surface area contributed by atoms with Crippen LogP contribution < -0.4 is 4.74 Å². The smallest absolute Gasteiger partial charge is 0.133 e. The van der Waals surface area contributed by atoms with E-state index in [1.165, 1.54) is 0 Å². The number of halogens is 3. The number of rotatable bonds is 4. The Kier molecular flexibility index (Phi) is 5.14. The predicted molar refractivity (Wildman–Crippen MR) is 84.4 cm³/mol. The summed E-state index contributed by atoms with van der Waals surface area (Å²) in [7, 11) is 1.64. The van der Waals surface area contributed by atoms with Gasteiger partial charge in [0.1, 0.15) is 5.75 Å². The van der Waals surface area contributed by atoms with E-state index >= 15 is 0 Å². The summed E-state index contributed by atoms with van der Waals surface area (Å²) in [6, 6.07) is 13.6. The molecule has 0 heterocycles. The normalized spacial score (nSPS) is 12.2. The minimum absolute atomic E-state index is 0.0966. The molecule has 0 bridgehead atoms. The molecule has 0 spiro atoms. The van der Waals surface area contributed by atoms with Crippen LogP contribution in [0.5, 0.6) is 5.75 Å². The van der Waals surface area contributed by atoms with Crippen molar-refractivity contribution in [1.29, 1.82) is 0 Å². The third-order valence-corrected chi connectivity index (χ3v) is 4.10. The van der Waals surface area contributed by atoms with Crippen LogP contribution in [0, 0.1) is 0 Å². The van der Waals surface area contributed by atoms with Crippen LogP contribution in [0.1, 0.15) is 16.5 Å². The molecule has 0 amide bonds. The monoisotopic (exact) mass is 358 g/mol. The summed E-state index contributed by atoms with van der Waals surface area (Å²) in [5, 5.41) is 0.637. The molecule has 2 rings (SSSR count). The van der Waals surface area contributed by atoms with E-state index in [1.54, 1.807) is 7.11 Å². The van der Waals surface area contributed by atoms with Crippen LogP contribution in [0.15, 0.2) is 46.9 Å². The fourth-order valence-corrected chi connectivity index (χ4v) is 2.95. The largest absolute Gasteiger partial charge is 0.496 e. The standard InChI is InChI=1S/C15H13BrCl2O/c1-19-15-6-5-11(9-13(15)16)14(18)8-10-3-2-4-12(17)7-10/h2-7,9,14H,8H2,1H3. The molecule has 4 heteroatoms. The molecule has 1 unspecified atom stereocenters. The van der Waals surface area contributed by atoms with E-state index in [2.05, 4.69) is 15.9 Å². The van der Waals surface area contributed by atoms with Crippen LogP contribution in [0.2, 0.25) is 5.02 Å². The summed E-state index contributed by atoms with van der Waals surface area (Å²) >= 11 is 15.9. The summed E-state index contributed by atoms with van der Waals surface area (Å²) in [6.07, 6.45) is 0.737. The van der Waals surface area contributed by atoms with Crippen LogP contribution in [-0.2, 0) is 6.42 Å². The van der Waals surface area contributed by atoms with Gasteiger partial charge in [0.15, 0.2) is 0 Å². The van der Waals surface area contributed by atoms with Crippen LogP contribution in [0.4, 0.5) is 0 Å². The van der Waals surface area contributed by atoms with Crippen LogP contribution >= 0.6 is 39.1 Å². The molecule has 0 aliphatic heterocycles. The SMILES string of the molecule is COc1ccc(C(Cl)Cc2cccc(Cl)c2)cc1Br. The average molecular weight is 360 g/mol. The van der Waals surface area contributed by atoms with Crippen molar-refractivity contribution in [2.75, 3.05) is 7.11 Å². The van der Waals surface area contributed by atoms with E-state index in [1.807, 2.05) is 42.5 Å². The van der Waals surface area contributed by atoms with Gasteiger partial charge >= 0.3 is 0 Å². The Balaban J connectivity index is 2.15. The Bertz CT molecular complexity index is 572. The maximum Gasteiger partial charge on any atom is 0.133 e. The van der Waals surface area contributed by atoms with Crippen molar-refractivity contribution >= 4 is 39.1 Å². The van der Waals surface area contributed by atoms with Gasteiger partial charge < -0.3 is 4.74 Å². The lowest BCUT2D eigenvalue weighted by Gasteiger charge is -2.12. The van der Waals surface area contributed by atoms with Gasteiger partial charge in [-0.2, -0.15) is 0 Å². The Labute approximate surface area is 131 Å². The van der Waals surface area contributed by atoms with E-state index in [9.17, 15) is 0 Å². The van der Waals surface area contributed by atoms with Crippen molar-refractivity contribution in [3.8, 4) is 5.75 Å². The summed E-state index contributed by atoms with van der Waals surface area (Å²) < 4.78 is 6.11. The molecule has 0 radical (unpaired) electrons. The molecule has 1 atom stereocenters. The third kappa shape index (κ3) is 3.88. The molecule has 0 aliphatic carbocycles. The van der Waals surface area contributed by atoms with E-state index in [4.69, 9.17) is 27.9 Å². The molecular formula is C15H13BrCl2O. The van der Waals surface area contributed by atoms with Gasteiger partial charge in [-0.1, -0.05) is 29.8 Å². The molecule has 0 aliphatic rings. The zero-order valence-corrected chi connectivity index (χ0v) is 13.5. The van der Waals surface area contributed by atoms with Gasteiger partial charge in [-0.3, -0.25) is 0 Å². The molecule has 0 saturated carbocycles. The van der Waals surface area contributed by atoms with Crippen LogP contribution in [0.25, 0.3) is 0 Å². The Hall–Kier alpha value is -0.700. The maximum absolute atomic E-state index is 6.46. The Morgan fingerprint density at radius 2 is 2.00 bits per heavy atom. The summed E-state index contributed by atoms with van der Waals surface area (Å²) in [5.74, 6) is 0.801. The number of hydrogen-bond acceptors (Lipinski definition) is 1. The molecule has 0 N–H and O–H groups in total. The lowest BCUT2D eigenvalue weighted by Crippen LogP contribution is -1.96. The molecule has 0 saturated heterocycles. The highest BCUT2D eigenvalue weighted by molar-refractivity contribution is 9.10. The van der Waals surface area contributed by atoms with Crippen LogP contribution in [0.3, 0.4) is 0 Å². The van der Waals surface area contributed by atoms with Crippen molar-refractivity contribution < 1.29 is 4.74 Å². The Morgan fingerprint density at radius 1 is 1.21 bits per heavy atom. The van der Waals surface area contributed by atoms with Crippen LogP contribution in [-0.4, -0.2) is 7.11 Å². The molecule has 0 aromatic heterocycles. The summed E-state index contributed by atoms with van der Waals surface area (Å²) in [5.41, 5.74) is 2.17. The second kappa shape index (κ2) is 6.65. The van der Waals surface area contributed by atoms with Crippen molar-refractivity contribution in [3.05, 3.63) is 63.1 Å². The van der Waals surface area contributed by atoms with Gasteiger partial charge in [0.2, 0.25) is 0 Å². The first-order valence-electron chi connectivity index (χ1n) is 5.82. The third-order valence-electron chi connectivity index (χ3n) is 2.84.